The predicted molar refractivity (Wildman–Crippen MR) is 252 cm³/mol. The molecule has 0 saturated heterocycles. The Balaban J connectivity index is 3.57. The lowest BCUT2D eigenvalue weighted by molar-refractivity contribution is -0.132. The van der Waals surface area contributed by atoms with Gasteiger partial charge in [0, 0.05) is 0 Å². The van der Waals surface area contributed by atoms with Crippen LogP contribution in [-0.4, -0.2) is 57.3 Å². The molecule has 0 heterocycles. The Morgan fingerprint density at radius 2 is 0.586 bits per heavy atom. The largest absolute Gasteiger partial charge is 0.394 e. The molecule has 5 N–H and O–H groups in total. The van der Waals surface area contributed by atoms with Crippen molar-refractivity contribution >= 4 is 5.91 Å². The van der Waals surface area contributed by atoms with E-state index in [0.29, 0.717) is 12.8 Å². The van der Waals surface area contributed by atoms with E-state index in [-0.39, 0.29) is 0 Å². The number of hydrogen-bond acceptors (Lipinski definition) is 5. The van der Waals surface area contributed by atoms with Gasteiger partial charge >= 0.3 is 0 Å². The number of unbranched alkanes of at least 4 members (excludes halogenated alkanes) is 40. The van der Waals surface area contributed by atoms with Crippen LogP contribution in [0, 0.1) is 0 Å². The van der Waals surface area contributed by atoms with Crippen molar-refractivity contribution < 1.29 is 25.2 Å². The van der Waals surface area contributed by atoms with E-state index in [2.05, 4.69) is 19.2 Å². The fraction of sp³-hybridized carbons (Fsp3) is 0.981. The first kappa shape index (κ1) is 57.3. The van der Waals surface area contributed by atoms with Crippen LogP contribution in [0.4, 0.5) is 0 Å². The molecule has 0 aromatic rings. The minimum absolute atomic E-state index is 0.376. The monoisotopic (exact) mass is 824 g/mol. The molecule has 0 saturated carbocycles. The van der Waals surface area contributed by atoms with E-state index in [1.807, 2.05) is 0 Å². The normalized spacial score (nSPS) is 13.8. The van der Waals surface area contributed by atoms with Gasteiger partial charge in [-0.2, -0.15) is 0 Å². The van der Waals surface area contributed by atoms with Gasteiger partial charge in [0.1, 0.15) is 12.2 Å². The van der Waals surface area contributed by atoms with Crippen molar-refractivity contribution in [2.24, 2.45) is 0 Å². The van der Waals surface area contributed by atoms with E-state index in [1.54, 1.807) is 0 Å². The molecule has 58 heavy (non-hydrogen) atoms. The third-order valence-electron chi connectivity index (χ3n) is 12.8. The molecule has 0 aliphatic rings. The van der Waals surface area contributed by atoms with Gasteiger partial charge in [-0.25, -0.2) is 0 Å². The minimum Gasteiger partial charge on any atom is -0.394 e. The van der Waals surface area contributed by atoms with Crippen molar-refractivity contribution in [1.29, 1.82) is 0 Å². The van der Waals surface area contributed by atoms with E-state index in [0.717, 1.165) is 38.5 Å². The molecule has 4 unspecified atom stereocenters. The number of nitrogens with one attached hydrogen (secondary N) is 1. The molecule has 0 aromatic heterocycles. The maximum atomic E-state index is 12.6. The number of aliphatic hydroxyl groups excluding tert-OH is 4. The van der Waals surface area contributed by atoms with Gasteiger partial charge in [-0.1, -0.05) is 284 Å². The van der Waals surface area contributed by atoms with E-state index in [9.17, 15) is 25.2 Å². The number of carbonyl (C=O) groups is 1. The van der Waals surface area contributed by atoms with E-state index in [1.165, 1.54) is 231 Å². The van der Waals surface area contributed by atoms with Crippen LogP contribution < -0.4 is 5.32 Å². The van der Waals surface area contributed by atoms with Crippen molar-refractivity contribution in [3.8, 4) is 0 Å². The molecule has 348 valence electrons. The Morgan fingerprint density at radius 3 is 0.828 bits per heavy atom. The molecule has 6 heteroatoms. The van der Waals surface area contributed by atoms with E-state index < -0.39 is 36.9 Å². The maximum Gasteiger partial charge on any atom is 0.249 e. The average Bonchev–Trinajstić information content (AvgIpc) is 3.23. The second-order valence-electron chi connectivity index (χ2n) is 18.6. The van der Waals surface area contributed by atoms with E-state index in [4.69, 9.17) is 0 Å². The summed E-state index contributed by atoms with van der Waals surface area (Å²) in [5.41, 5.74) is 0. The lowest BCUT2D eigenvalue weighted by Gasteiger charge is -2.27. The minimum atomic E-state index is -1.25. The van der Waals surface area contributed by atoms with Crippen LogP contribution in [0.5, 0.6) is 0 Å². The summed E-state index contributed by atoms with van der Waals surface area (Å²) in [6, 6.07) is -0.979. The zero-order chi connectivity index (χ0) is 42.4. The Labute approximate surface area is 362 Å². The quantitative estimate of drug-likeness (QED) is 0.0393. The van der Waals surface area contributed by atoms with Crippen LogP contribution >= 0.6 is 0 Å². The smallest absolute Gasteiger partial charge is 0.249 e. The lowest BCUT2D eigenvalue weighted by Crippen LogP contribution is -2.53. The molecule has 4 atom stereocenters. The van der Waals surface area contributed by atoms with Crippen molar-refractivity contribution in [3.05, 3.63) is 0 Å². The number of amides is 1. The van der Waals surface area contributed by atoms with Crippen LogP contribution in [-0.2, 0) is 4.79 Å². The van der Waals surface area contributed by atoms with Gasteiger partial charge in [-0.15, -0.1) is 0 Å². The van der Waals surface area contributed by atoms with Crippen LogP contribution in [0.2, 0.25) is 0 Å². The van der Waals surface area contributed by atoms with Crippen molar-refractivity contribution in [2.75, 3.05) is 6.61 Å². The fourth-order valence-corrected chi connectivity index (χ4v) is 8.64. The van der Waals surface area contributed by atoms with Crippen LogP contribution in [0.25, 0.3) is 0 Å². The predicted octanol–water partition coefficient (Wildman–Crippen LogP) is 14.8. The Kier molecular flexibility index (Phi) is 46.8. The van der Waals surface area contributed by atoms with Crippen LogP contribution in [0.3, 0.4) is 0 Å². The summed E-state index contributed by atoms with van der Waals surface area (Å²) in [7, 11) is 0. The van der Waals surface area contributed by atoms with Crippen LogP contribution in [0.1, 0.15) is 296 Å². The van der Waals surface area contributed by atoms with E-state index >= 15 is 0 Å². The highest BCUT2D eigenvalue weighted by atomic mass is 16.3. The molecule has 0 radical (unpaired) electrons. The summed E-state index contributed by atoms with van der Waals surface area (Å²) >= 11 is 0. The first-order valence-corrected chi connectivity index (χ1v) is 26.4. The molecule has 1 amide bonds. The highest BCUT2D eigenvalue weighted by Gasteiger charge is 2.28. The molecule has 0 aromatic carbocycles. The van der Waals surface area contributed by atoms with Crippen LogP contribution in [0.15, 0.2) is 0 Å². The third kappa shape index (κ3) is 40.7. The first-order valence-electron chi connectivity index (χ1n) is 26.4. The fourth-order valence-electron chi connectivity index (χ4n) is 8.64. The first-order chi connectivity index (χ1) is 28.5. The van der Waals surface area contributed by atoms with Gasteiger partial charge in [0.05, 0.1) is 18.8 Å². The Morgan fingerprint density at radius 1 is 0.362 bits per heavy atom. The van der Waals surface area contributed by atoms with Crippen molar-refractivity contribution in [1.82, 2.24) is 5.32 Å². The molecule has 0 rings (SSSR count). The summed E-state index contributed by atoms with van der Waals surface area (Å²) in [6.07, 6.45) is 53.0. The lowest BCUT2D eigenvalue weighted by atomic mass is 9.99. The van der Waals surface area contributed by atoms with Gasteiger partial charge in [-0.3, -0.25) is 4.79 Å². The SMILES string of the molecule is CCCCCCCCCCCCCCCCCCCCCCCCCCCCCC(O)C(=O)NC(CO)C(O)C(O)CCCCCCCCCCCCCCCCC. The molecule has 0 bridgehead atoms. The molecule has 0 spiro atoms. The van der Waals surface area contributed by atoms with Gasteiger partial charge in [-0.05, 0) is 12.8 Å². The molecule has 0 aliphatic heterocycles. The Bertz CT molecular complexity index is 796. The van der Waals surface area contributed by atoms with Gasteiger partial charge < -0.3 is 25.7 Å². The second-order valence-corrected chi connectivity index (χ2v) is 18.6. The summed E-state index contributed by atoms with van der Waals surface area (Å²) in [5.74, 6) is -0.577. The molecular weight excluding hydrogens is 719 g/mol. The van der Waals surface area contributed by atoms with Gasteiger partial charge in [0.15, 0.2) is 0 Å². The third-order valence-corrected chi connectivity index (χ3v) is 12.8. The zero-order valence-electron chi connectivity index (χ0n) is 39.3. The number of aliphatic hydroxyl groups is 4. The number of rotatable bonds is 49. The van der Waals surface area contributed by atoms with Gasteiger partial charge in [0.25, 0.3) is 0 Å². The average molecular weight is 824 g/mol. The molecule has 0 fully saturated rings. The Hall–Kier alpha value is -0.690. The highest BCUT2D eigenvalue weighted by Crippen LogP contribution is 2.18. The second kappa shape index (κ2) is 47.4. The van der Waals surface area contributed by atoms with Crippen molar-refractivity contribution in [2.45, 2.75) is 321 Å². The molecular formula is C52H105NO5. The summed E-state index contributed by atoms with van der Waals surface area (Å²) in [6.45, 7) is 4.08. The number of hydrogen-bond donors (Lipinski definition) is 5. The maximum absolute atomic E-state index is 12.6. The van der Waals surface area contributed by atoms with Gasteiger partial charge in [0.2, 0.25) is 5.91 Å². The number of carbonyl (C=O) groups excluding carboxylic acids is 1. The zero-order valence-corrected chi connectivity index (χ0v) is 39.3. The molecule has 0 aliphatic carbocycles. The summed E-state index contributed by atoms with van der Waals surface area (Å²) in [5, 5.41) is 43.9. The topological polar surface area (TPSA) is 110 Å². The standard InChI is InChI=1S/C52H105NO5/c1-3-5-7-9-11-13-15-17-19-20-21-22-23-24-25-26-27-28-29-30-32-34-36-38-40-42-44-46-50(56)52(58)53-48(47-54)51(57)49(55)45-43-41-39-37-35-33-31-18-16-14-12-10-8-6-4-2/h48-51,54-57H,3-47H2,1-2H3,(H,53,58). The molecule has 6 nitrogen and oxygen atoms in total. The summed E-state index contributed by atoms with van der Waals surface area (Å²) < 4.78 is 0. The summed E-state index contributed by atoms with van der Waals surface area (Å²) in [4.78, 5) is 12.6. The highest BCUT2D eigenvalue weighted by molar-refractivity contribution is 5.80. The van der Waals surface area contributed by atoms with Crippen molar-refractivity contribution in [3.63, 3.8) is 0 Å².